The molecule has 1 heterocycles. The molecule has 2 aromatic carbocycles. The van der Waals surface area contributed by atoms with Crippen LogP contribution in [0.2, 0.25) is 0 Å². The number of nitrogens with zero attached hydrogens (tertiary/aromatic N) is 2. The van der Waals surface area contributed by atoms with E-state index in [1.165, 1.54) is 18.2 Å². The van der Waals surface area contributed by atoms with Crippen molar-refractivity contribution < 1.29 is 24.0 Å². The SMILES string of the molecule is O=C(COC(=O)c1ccc(N2CCOCC2)c([N+](=O)[O-])c1)NCCc1ccccc1. The summed E-state index contributed by atoms with van der Waals surface area (Å²) in [5.74, 6) is -1.22. The minimum Gasteiger partial charge on any atom is -0.452 e. The number of carbonyl (C=O) groups is 2. The standard InChI is InChI=1S/C21H23N3O6/c25-20(22-9-8-16-4-2-1-3-5-16)15-30-21(26)17-6-7-18(19(14-17)24(27)28)23-10-12-29-13-11-23/h1-7,14H,8-13,15H2,(H,22,25). The highest BCUT2D eigenvalue weighted by molar-refractivity contribution is 5.93. The Kier molecular flexibility index (Phi) is 7.34. The maximum atomic E-state index is 12.2. The largest absolute Gasteiger partial charge is 0.452 e. The van der Waals surface area contributed by atoms with Crippen LogP contribution in [0.1, 0.15) is 15.9 Å². The maximum absolute atomic E-state index is 12.2. The predicted molar refractivity (Wildman–Crippen MR) is 110 cm³/mol. The van der Waals surface area contributed by atoms with Gasteiger partial charge in [0.25, 0.3) is 11.6 Å². The summed E-state index contributed by atoms with van der Waals surface area (Å²) in [7, 11) is 0. The summed E-state index contributed by atoms with van der Waals surface area (Å²) in [5, 5.41) is 14.1. The Morgan fingerprint density at radius 3 is 2.57 bits per heavy atom. The number of nitrogens with one attached hydrogen (secondary N) is 1. The average Bonchev–Trinajstić information content (AvgIpc) is 2.78. The molecule has 1 amide bonds. The number of esters is 1. The summed E-state index contributed by atoms with van der Waals surface area (Å²) in [4.78, 5) is 36.9. The van der Waals surface area contributed by atoms with Gasteiger partial charge in [-0.3, -0.25) is 14.9 Å². The van der Waals surface area contributed by atoms with E-state index in [9.17, 15) is 19.7 Å². The van der Waals surface area contributed by atoms with Crippen molar-refractivity contribution in [2.24, 2.45) is 0 Å². The van der Waals surface area contributed by atoms with Crippen LogP contribution in [-0.2, 0) is 20.7 Å². The Morgan fingerprint density at radius 1 is 1.13 bits per heavy atom. The first kappa shape index (κ1) is 21.3. The van der Waals surface area contributed by atoms with E-state index in [1.807, 2.05) is 35.2 Å². The highest BCUT2D eigenvalue weighted by Gasteiger charge is 2.24. The second-order valence-corrected chi connectivity index (χ2v) is 6.72. The van der Waals surface area contributed by atoms with E-state index >= 15 is 0 Å². The fraction of sp³-hybridized carbons (Fsp3) is 0.333. The molecule has 1 aliphatic heterocycles. The van der Waals surface area contributed by atoms with Gasteiger partial charge in [-0.2, -0.15) is 0 Å². The molecule has 0 saturated carbocycles. The zero-order chi connectivity index (χ0) is 21.3. The quantitative estimate of drug-likeness (QED) is 0.400. The number of hydrogen-bond donors (Lipinski definition) is 1. The molecule has 0 aliphatic carbocycles. The molecule has 9 nitrogen and oxygen atoms in total. The van der Waals surface area contributed by atoms with Crippen molar-refractivity contribution >= 4 is 23.3 Å². The Bertz CT molecular complexity index is 897. The Hall–Kier alpha value is -3.46. The number of hydrogen-bond acceptors (Lipinski definition) is 7. The van der Waals surface area contributed by atoms with Gasteiger partial charge in [0.15, 0.2) is 6.61 Å². The third-order valence-electron chi connectivity index (χ3n) is 4.67. The molecule has 1 fully saturated rings. The molecule has 3 rings (SSSR count). The molecule has 158 valence electrons. The van der Waals surface area contributed by atoms with E-state index in [0.717, 1.165) is 5.56 Å². The van der Waals surface area contributed by atoms with Crippen molar-refractivity contribution in [3.8, 4) is 0 Å². The molecule has 0 spiro atoms. The van der Waals surface area contributed by atoms with Gasteiger partial charge in [-0.15, -0.1) is 0 Å². The number of rotatable bonds is 8. The van der Waals surface area contributed by atoms with Crippen LogP contribution in [-0.4, -0.2) is 56.3 Å². The van der Waals surface area contributed by atoms with Crippen LogP contribution in [0.25, 0.3) is 0 Å². The molecule has 0 atom stereocenters. The zero-order valence-corrected chi connectivity index (χ0v) is 16.4. The molecule has 1 saturated heterocycles. The molecule has 2 aromatic rings. The topological polar surface area (TPSA) is 111 Å². The fourth-order valence-corrected chi connectivity index (χ4v) is 3.12. The first-order valence-electron chi connectivity index (χ1n) is 9.63. The van der Waals surface area contributed by atoms with Crippen LogP contribution < -0.4 is 10.2 Å². The van der Waals surface area contributed by atoms with Gasteiger partial charge < -0.3 is 19.7 Å². The molecule has 9 heteroatoms. The number of anilines is 1. The van der Waals surface area contributed by atoms with E-state index in [4.69, 9.17) is 9.47 Å². The summed E-state index contributed by atoms with van der Waals surface area (Å²) < 4.78 is 10.3. The average molecular weight is 413 g/mol. The normalized spacial score (nSPS) is 13.5. The molecule has 30 heavy (non-hydrogen) atoms. The Balaban J connectivity index is 1.53. The molecule has 1 aliphatic rings. The van der Waals surface area contributed by atoms with E-state index < -0.39 is 23.4 Å². The number of amides is 1. The summed E-state index contributed by atoms with van der Waals surface area (Å²) in [5.41, 5.74) is 1.36. The molecule has 0 aromatic heterocycles. The molecule has 0 bridgehead atoms. The van der Waals surface area contributed by atoms with Gasteiger partial charge in [0.05, 0.1) is 23.7 Å². The lowest BCUT2D eigenvalue weighted by atomic mass is 10.1. The van der Waals surface area contributed by atoms with Gasteiger partial charge in [0.2, 0.25) is 0 Å². The number of nitro benzene ring substituents is 1. The summed E-state index contributed by atoms with van der Waals surface area (Å²) >= 11 is 0. The highest BCUT2D eigenvalue weighted by atomic mass is 16.6. The molecule has 1 N–H and O–H groups in total. The van der Waals surface area contributed by atoms with Gasteiger partial charge in [-0.05, 0) is 24.1 Å². The van der Waals surface area contributed by atoms with Gasteiger partial charge in [0.1, 0.15) is 5.69 Å². The Morgan fingerprint density at radius 2 is 1.87 bits per heavy atom. The fourth-order valence-electron chi connectivity index (χ4n) is 3.12. The van der Waals surface area contributed by atoms with Crippen molar-refractivity contribution in [1.82, 2.24) is 5.32 Å². The van der Waals surface area contributed by atoms with Crippen LogP contribution in [0.15, 0.2) is 48.5 Å². The van der Waals surface area contributed by atoms with Gasteiger partial charge >= 0.3 is 5.97 Å². The molecular formula is C21H23N3O6. The van der Waals surface area contributed by atoms with E-state index in [0.29, 0.717) is 45.0 Å². The van der Waals surface area contributed by atoms with Crippen LogP contribution in [0.3, 0.4) is 0 Å². The summed E-state index contributed by atoms with van der Waals surface area (Å²) in [6.07, 6.45) is 0.662. The third-order valence-corrected chi connectivity index (χ3v) is 4.67. The number of ether oxygens (including phenoxy) is 2. The third kappa shape index (κ3) is 5.77. The number of morpholine rings is 1. The summed E-state index contributed by atoms with van der Waals surface area (Å²) in [6.45, 7) is 2.01. The lowest BCUT2D eigenvalue weighted by molar-refractivity contribution is -0.384. The van der Waals surface area contributed by atoms with Crippen LogP contribution in [0.5, 0.6) is 0 Å². The lowest BCUT2D eigenvalue weighted by Gasteiger charge is -2.28. The monoisotopic (exact) mass is 413 g/mol. The van der Waals surface area contributed by atoms with Gasteiger partial charge in [0, 0.05) is 25.7 Å². The van der Waals surface area contributed by atoms with Crippen LogP contribution in [0.4, 0.5) is 11.4 Å². The number of carbonyl (C=O) groups excluding carboxylic acids is 2. The lowest BCUT2D eigenvalue weighted by Crippen LogP contribution is -2.36. The van der Waals surface area contributed by atoms with Gasteiger partial charge in [-0.25, -0.2) is 4.79 Å². The van der Waals surface area contributed by atoms with E-state index in [-0.39, 0.29) is 11.3 Å². The molecule has 0 radical (unpaired) electrons. The van der Waals surface area contributed by atoms with Crippen molar-refractivity contribution in [1.29, 1.82) is 0 Å². The molecule has 0 unspecified atom stereocenters. The van der Waals surface area contributed by atoms with E-state index in [1.54, 1.807) is 0 Å². The van der Waals surface area contributed by atoms with Gasteiger partial charge in [-0.1, -0.05) is 30.3 Å². The highest BCUT2D eigenvalue weighted by Crippen LogP contribution is 2.30. The van der Waals surface area contributed by atoms with Crippen molar-refractivity contribution in [3.63, 3.8) is 0 Å². The van der Waals surface area contributed by atoms with Crippen LogP contribution >= 0.6 is 0 Å². The summed E-state index contributed by atoms with van der Waals surface area (Å²) in [6, 6.07) is 13.8. The van der Waals surface area contributed by atoms with E-state index in [2.05, 4.69) is 5.32 Å². The second-order valence-electron chi connectivity index (χ2n) is 6.72. The van der Waals surface area contributed by atoms with Crippen molar-refractivity contribution in [3.05, 3.63) is 69.8 Å². The zero-order valence-electron chi connectivity index (χ0n) is 16.4. The minimum atomic E-state index is -0.787. The predicted octanol–water partition coefficient (Wildman–Crippen LogP) is 1.95. The Labute approximate surface area is 173 Å². The number of benzene rings is 2. The smallest absolute Gasteiger partial charge is 0.338 e. The number of nitro groups is 1. The molecular weight excluding hydrogens is 390 g/mol. The first-order chi connectivity index (χ1) is 14.5. The minimum absolute atomic E-state index is 0.0239. The van der Waals surface area contributed by atoms with Crippen molar-refractivity contribution in [2.75, 3.05) is 44.4 Å². The van der Waals surface area contributed by atoms with Crippen molar-refractivity contribution in [2.45, 2.75) is 6.42 Å². The second kappa shape index (κ2) is 10.4. The first-order valence-corrected chi connectivity index (χ1v) is 9.63. The van der Waals surface area contributed by atoms with Crippen LogP contribution in [0, 0.1) is 10.1 Å². The maximum Gasteiger partial charge on any atom is 0.338 e.